The van der Waals surface area contributed by atoms with Crippen LogP contribution >= 0.6 is 0 Å². The molecule has 0 spiro atoms. The van der Waals surface area contributed by atoms with Crippen molar-refractivity contribution in [2.75, 3.05) is 6.54 Å². The maximum Gasteiger partial charge on any atom is 0.236 e. The van der Waals surface area contributed by atoms with Crippen molar-refractivity contribution >= 4 is 11.8 Å². The van der Waals surface area contributed by atoms with Crippen LogP contribution in [0.2, 0.25) is 0 Å². The molecule has 0 N–H and O–H groups in total. The molecular formula is C22H23NO4. The number of furan rings is 2. The lowest BCUT2D eigenvalue weighted by atomic mass is 9.93. The number of carbonyl (C=O) groups is 2. The van der Waals surface area contributed by atoms with Gasteiger partial charge in [-0.25, -0.2) is 0 Å². The predicted octanol–water partition coefficient (Wildman–Crippen LogP) is 4.21. The van der Waals surface area contributed by atoms with E-state index in [1.807, 2.05) is 30.3 Å². The van der Waals surface area contributed by atoms with Crippen LogP contribution in [-0.4, -0.2) is 23.3 Å². The van der Waals surface area contributed by atoms with Crippen molar-refractivity contribution in [1.82, 2.24) is 4.90 Å². The first kappa shape index (κ1) is 18.7. The summed E-state index contributed by atoms with van der Waals surface area (Å²) in [6, 6.07) is 17.4. The van der Waals surface area contributed by atoms with E-state index in [9.17, 15) is 9.59 Å². The highest BCUT2D eigenvalue weighted by Crippen LogP contribution is 2.25. The zero-order valence-corrected chi connectivity index (χ0v) is 15.3. The molecule has 0 bridgehead atoms. The van der Waals surface area contributed by atoms with E-state index in [2.05, 4.69) is 12.1 Å². The molecule has 0 aliphatic heterocycles. The third-order valence-corrected chi connectivity index (χ3v) is 4.56. The summed E-state index contributed by atoms with van der Waals surface area (Å²) >= 11 is 0. The van der Waals surface area contributed by atoms with Gasteiger partial charge in [-0.15, -0.1) is 0 Å². The molecule has 3 aromatic rings. The summed E-state index contributed by atoms with van der Waals surface area (Å²) in [4.78, 5) is 25.8. The third-order valence-electron chi connectivity index (χ3n) is 4.56. The molecule has 2 aromatic heterocycles. The van der Waals surface area contributed by atoms with E-state index in [1.165, 1.54) is 23.7 Å². The first-order valence-electron chi connectivity index (χ1n) is 9.04. The summed E-state index contributed by atoms with van der Waals surface area (Å²) in [5.74, 6) is 0.986. The Labute approximate surface area is 158 Å². The Kier molecular flexibility index (Phi) is 6.26. The second-order valence-corrected chi connectivity index (χ2v) is 6.51. The standard InChI is InChI=1S/C22H23NO4/c1-17(24)23(22(25)16-20-9-5-13-26-20)12-11-19(21-10-6-14-27-21)15-18-7-3-2-4-8-18/h2-10,13-14,19H,11-12,15-16H2,1H3/t19-/m0/s1. The van der Waals surface area contributed by atoms with Gasteiger partial charge in [-0.3, -0.25) is 14.5 Å². The monoisotopic (exact) mass is 365 g/mol. The second kappa shape index (κ2) is 9.03. The molecule has 0 unspecified atom stereocenters. The molecule has 2 heterocycles. The first-order valence-corrected chi connectivity index (χ1v) is 9.04. The average molecular weight is 365 g/mol. The smallest absolute Gasteiger partial charge is 0.236 e. The number of nitrogens with zero attached hydrogens (tertiary/aromatic N) is 1. The molecule has 3 rings (SSSR count). The van der Waals surface area contributed by atoms with Crippen molar-refractivity contribution in [2.45, 2.75) is 32.1 Å². The fourth-order valence-corrected chi connectivity index (χ4v) is 3.17. The van der Waals surface area contributed by atoms with Gasteiger partial charge in [0.15, 0.2) is 0 Å². The molecule has 27 heavy (non-hydrogen) atoms. The van der Waals surface area contributed by atoms with E-state index in [0.29, 0.717) is 18.7 Å². The van der Waals surface area contributed by atoms with Crippen LogP contribution in [0.4, 0.5) is 0 Å². The van der Waals surface area contributed by atoms with Gasteiger partial charge >= 0.3 is 0 Å². The molecule has 140 valence electrons. The van der Waals surface area contributed by atoms with E-state index in [1.54, 1.807) is 18.4 Å². The van der Waals surface area contributed by atoms with Crippen LogP contribution in [0.3, 0.4) is 0 Å². The number of amides is 2. The fourth-order valence-electron chi connectivity index (χ4n) is 3.17. The number of imide groups is 1. The number of hydrogen-bond acceptors (Lipinski definition) is 4. The van der Waals surface area contributed by atoms with E-state index in [4.69, 9.17) is 8.83 Å². The van der Waals surface area contributed by atoms with Gasteiger partial charge in [0.2, 0.25) is 11.8 Å². The molecule has 5 nitrogen and oxygen atoms in total. The normalized spacial score (nSPS) is 11.9. The Hall–Kier alpha value is -3.08. The summed E-state index contributed by atoms with van der Waals surface area (Å²) in [5.41, 5.74) is 1.19. The Balaban J connectivity index is 1.68. The minimum Gasteiger partial charge on any atom is -0.469 e. The molecule has 0 fully saturated rings. The summed E-state index contributed by atoms with van der Waals surface area (Å²) in [6.07, 6.45) is 4.67. The zero-order chi connectivity index (χ0) is 19.1. The molecule has 0 aliphatic rings. The maximum absolute atomic E-state index is 12.5. The van der Waals surface area contributed by atoms with Crippen LogP contribution in [0, 0.1) is 0 Å². The van der Waals surface area contributed by atoms with Crippen LogP contribution < -0.4 is 0 Å². The average Bonchev–Trinajstić information content (AvgIpc) is 3.35. The molecule has 2 amide bonds. The number of hydrogen-bond donors (Lipinski definition) is 0. The Morgan fingerprint density at radius 3 is 2.33 bits per heavy atom. The molecule has 0 aliphatic carbocycles. The van der Waals surface area contributed by atoms with Gasteiger partial charge in [0, 0.05) is 19.4 Å². The number of benzene rings is 1. The summed E-state index contributed by atoms with van der Waals surface area (Å²) in [7, 11) is 0. The first-order chi connectivity index (χ1) is 13.1. The quantitative estimate of drug-likeness (QED) is 0.600. The van der Waals surface area contributed by atoms with Crippen molar-refractivity contribution in [3.05, 3.63) is 84.2 Å². The predicted molar refractivity (Wildman–Crippen MR) is 101 cm³/mol. The summed E-state index contributed by atoms with van der Waals surface area (Å²) in [6.45, 7) is 1.76. The second-order valence-electron chi connectivity index (χ2n) is 6.51. The maximum atomic E-state index is 12.5. The lowest BCUT2D eigenvalue weighted by Crippen LogP contribution is -2.37. The van der Waals surface area contributed by atoms with Gasteiger partial charge < -0.3 is 8.83 Å². The molecule has 5 heteroatoms. The van der Waals surface area contributed by atoms with Gasteiger partial charge in [0.05, 0.1) is 18.9 Å². The van der Waals surface area contributed by atoms with Gasteiger partial charge in [0.25, 0.3) is 0 Å². The van der Waals surface area contributed by atoms with E-state index >= 15 is 0 Å². The van der Waals surface area contributed by atoms with E-state index < -0.39 is 0 Å². The van der Waals surface area contributed by atoms with E-state index in [-0.39, 0.29) is 24.2 Å². The SMILES string of the molecule is CC(=O)N(CC[C@@H](Cc1ccccc1)c1ccco1)C(=O)Cc1ccco1. The van der Waals surface area contributed by atoms with Crippen LogP contribution in [-0.2, 0) is 22.4 Å². The number of carbonyl (C=O) groups excluding carboxylic acids is 2. The van der Waals surface area contributed by atoms with Crippen LogP contribution in [0.1, 0.15) is 36.3 Å². The van der Waals surface area contributed by atoms with Crippen LogP contribution in [0.15, 0.2) is 76.0 Å². The minimum atomic E-state index is -0.260. The summed E-state index contributed by atoms with van der Waals surface area (Å²) < 4.78 is 10.8. The molecular weight excluding hydrogens is 342 g/mol. The van der Waals surface area contributed by atoms with Gasteiger partial charge in [0.1, 0.15) is 11.5 Å². The molecule has 0 radical (unpaired) electrons. The minimum absolute atomic E-state index is 0.0800. The van der Waals surface area contributed by atoms with Crippen LogP contribution in [0.25, 0.3) is 0 Å². The highest BCUT2D eigenvalue weighted by molar-refractivity contribution is 5.94. The van der Waals surface area contributed by atoms with Gasteiger partial charge in [-0.2, -0.15) is 0 Å². The Bertz CT molecular complexity index is 838. The number of rotatable bonds is 8. The molecule has 0 saturated carbocycles. The lowest BCUT2D eigenvalue weighted by Gasteiger charge is -2.22. The fraction of sp³-hybridized carbons (Fsp3) is 0.273. The summed E-state index contributed by atoms with van der Waals surface area (Å²) in [5, 5.41) is 0. The van der Waals surface area contributed by atoms with Gasteiger partial charge in [-0.05, 0) is 42.7 Å². The highest BCUT2D eigenvalue weighted by Gasteiger charge is 2.23. The zero-order valence-electron chi connectivity index (χ0n) is 15.3. The van der Waals surface area contributed by atoms with Crippen molar-refractivity contribution in [3.63, 3.8) is 0 Å². The third kappa shape index (κ3) is 5.20. The van der Waals surface area contributed by atoms with E-state index in [0.717, 1.165) is 12.2 Å². The Morgan fingerprint density at radius 1 is 0.963 bits per heavy atom. The van der Waals surface area contributed by atoms with Crippen molar-refractivity contribution < 1.29 is 18.4 Å². The molecule has 1 aromatic carbocycles. The topological polar surface area (TPSA) is 63.7 Å². The largest absolute Gasteiger partial charge is 0.469 e. The van der Waals surface area contributed by atoms with Crippen LogP contribution in [0.5, 0.6) is 0 Å². The van der Waals surface area contributed by atoms with Crippen molar-refractivity contribution in [3.8, 4) is 0 Å². The van der Waals surface area contributed by atoms with Crippen molar-refractivity contribution in [2.24, 2.45) is 0 Å². The Morgan fingerprint density at radius 2 is 1.70 bits per heavy atom. The molecule has 1 atom stereocenters. The highest BCUT2D eigenvalue weighted by atomic mass is 16.3. The van der Waals surface area contributed by atoms with Gasteiger partial charge in [-0.1, -0.05) is 30.3 Å². The molecule has 0 saturated heterocycles. The lowest BCUT2D eigenvalue weighted by molar-refractivity contribution is -0.143. The van der Waals surface area contributed by atoms with Crippen molar-refractivity contribution in [1.29, 1.82) is 0 Å².